The Labute approximate surface area is 82.5 Å². The Morgan fingerprint density at radius 1 is 1.23 bits per heavy atom. The van der Waals surface area contributed by atoms with Crippen LogP contribution in [-0.2, 0) is 0 Å². The topological polar surface area (TPSA) is 23.8 Å². The minimum absolute atomic E-state index is 0.244. The lowest BCUT2D eigenvalue weighted by molar-refractivity contribution is 0.552. The second-order valence-corrected chi connectivity index (χ2v) is 3.66. The van der Waals surface area contributed by atoms with Gasteiger partial charge in [-0.1, -0.05) is 31.8 Å². The predicted molar refractivity (Wildman–Crippen MR) is 57.3 cm³/mol. The van der Waals surface area contributed by atoms with E-state index in [1.165, 1.54) is 32.1 Å². The number of unbranched alkanes of at least 4 members (excludes halogenated alkanes) is 5. The van der Waals surface area contributed by atoms with Crippen molar-refractivity contribution in [1.29, 1.82) is 5.26 Å². The average molecular weight is 179 g/mol. The number of hydrogen-bond donors (Lipinski definition) is 0. The highest BCUT2D eigenvalue weighted by molar-refractivity contribution is 4.77. The molecule has 13 heavy (non-hydrogen) atoms. The van der Waals surface area contributed by atoms with Gasteiger partial charge in [0.1, 0.15) is 0 Å². The lowest BCUT2D eigenvalue weighted by atomic mass is 10.0. The lowest BCUT2D eigenvalue weighted by Crippen LogP contribution is -1.89. The van der Waals surface area contributed by atoms with Crippen molar-refractivity contribution in [2.75, 3.05) is 0 Å². The molecule has 0 aliphatic rings. The van der Waals surface area contributed by atoms with E-state index in [-0.39, 0.29) is 5.92 Å². The molecule has 0 amide bonds. The molecule has 1 unspecified atom stereocenters. The van der Waals surface area contributed by atoms with Crippen molar-refractivity contribution in [1.82, 2.24) is 0 Å². The standard InChI is InChI=1S/C12H21N/c1-3-4-5-6-7-8-9-10-12(2)11-13/h3,12H,1,4-10H2,2H3. The van der Waals surface area contributed by atoms with Crippen molar-refractivity contribution in [3.05, 3.63) is 12.7 Å². The van der Waals surface area contributed by atoms with E-state index in [0.29, 0.717) is 0 Å². The van der Waals surface area contributed by atoms with Gasteiger partial charge in [0.2, 0.25) is 0 Å². The third kappa shape index (κ3) is 9.14. The molecule has 0 aromatic heterocycles. The summed E-state index contributed by atoms with van der Waals surface area (Å²) in [7, 11) is 0. The summed E-state index contributed by atoms with van der Waals surface area (Å²) in [5.41, 5.74) is 0. The maximum Gasteiger partial charge on any atom is 0.0652 e. The molecule has 0 saturated carbocycles. The molecule has 0 fully saturated rings. The second-order valence-electron chi connectivity index (χ2n) is 3.66. The molecule has 74 valence electrons. The first-order valence-corrected chi connectivity index (χ1v) is 5.31. The maximum atomic E-state index is 8.55. The van der Waals surface area contributed by atoms with E-state index >= 15 is 0 Å². The van der Waals surface area contributed by atoms with Crippen molar-refractivity contribution in [3.8, 4) is 6.07 Å². The highest BCUT2D eigenvalue weighted by atomic mass is 14.3. The molecular weight excluding hydrogens is 158 g/mol. The van der Waals surface area contributed by atoms with Gasteiger partial charge in [-0.3, -0.25) is 0 Å². The lowest BCUT2D eigenvalue weighted by Gasteiger charge is -2.01. The third-order valence-electron chi connectivity index (χ3n) is 2.27. The largest absolute Gasteiger partial charge is 0.198 e. The van der Waals surface area contributed by atoms with Crippen molar-refractivity contribution in [2.45, 2.75) is 51.9 Å². The molecule has 0 heterocycles. The van der Waals surface area contributed by atoms with Crippen LogP contribution in [0.4, 0.5) is 0 Å². The van der Waals surface area contributed by atoms with E-state index in [4.69, 9.17) is 5.26 Å². The summed E-state index contributed by atoms with van der Waals surface area (Å²) < 4.78 is 0. The van der Waals surface area contributed by atoms with Crippen LogP contribution in [-0.4, -0.2) is 0 Å². The van der Waals surface area contributed by atoms with Gasteiger partial charge in [-0.25, -0.2) is 0 Å². The number of hydrogen-bond acceptors (Lipinski definition) is 1. The van der Waals surface area contributed by atoms with Crippen LogP contribution >= 0.6 is 0 Å². The Morgan fingerprint density at radius 3 is 2.46 bits per heavy atom. The van der Waals surface area contributed by atoms with Crippen LogP contribution in [0.1, 0.15) is 51.9 Å². The van der Waals surface area contributed by atoms with E-state index in [1.807, 2.05) is 13.0 Å². The van der Waals surface area contributed by atoms with Crippen LogP contribution in [0.15, 0.2) is 12.7 Å². The van der Waals surface area contributed by atoms with Crippen LogP contribution in [0.2, 0.25) is 0 Å². The van der Waals surface area contributed by atoms with Gasteiger partial charge in [0, 0.05) is 5.92 Å². The zero-order valence-corrected chi connectivity index (χ0v) is 8.76. The smallest absolute Gasteiger partial charge is 0.0652 e. The van der Waals surface area contributed by atoms with E-state index in [1.54, 1.807) is 0 Å². The van der Waals surface area contributed by atoms with Gasteiger partial charge >= 0.3 is 0 Å². The highest BCUT2D eigenvalue weighted by Crippen LogP contribution is 2.11. The quantitative estimate of drug-likeness (QED) is 0.407. The van der Waals surface area contributed by atoms with Gasteiger partial charge in [0.15, 0.2) is 0 Å². The third-order valence-corrected chi connectivity index (χ3v) is 2.27. The van der Waals surface area contributed by atoms with Crippen molar-refractivity contribution >= 4 is 0 Å². The Hall–Kier alpha value is -0.770. The van der Waals surface area contributed by atoms with Crippen LogP contribution in [0, 0.1) is 17.2 Å². The normalized spacial score (nSPS) is 12.0. The first-order chi connectivity index (χ1) is 6.31. The summed E-state index contributed by atoms with van der Waals surface area (Å²) in [6.45, 7) is 5.69. The first-order valence-electron chi connectivity index (χ1n) is 5.31. The summed E-state index contributed by atoms with van der Waals surface area (Å²) in [4.78, 5) is 0. The molecule has 0 N–H and O–H groups in total. The van der Waals surface area contributed by atoms with E-state index in [9.17, 15) is 0 Å². The molecule has 0 aliphatic heterocycles. The monoisotopic (exact) mass is 179 g/mol. The van der Waals surface area contributed by atoms with E-state index in [2.05, 4.69) is 12.6 Å². The van der Waals surface area contributed by atoms with Gasteiger partial charge in [-0.05, 0) is 26.2 Å². The van der Waals surface area contributed by atoms with E-state index in [0.717, 1.165) is 12.8 Å². The molecule has 0 bridgehead atoms. The van der Waals surface area contributed by atoms with Crippen LogP contribution < -0.4 is 0 Å². The van der Waals surface area contributed by atoms with Gasteiger partial charge in [-0.2, -0.15) is 5.26 Å². The minimum Gasteiger partial charge on any atom is -0.198 e. The van der Waals surface area contributed by atoms with Crippen molar-refractivity contribution < 1.29 is 0 Å². The molecule has 0 aromatic rings. The number of rotatable bonds is 8. The maximum absolute atomic E-state index is 8.55. The molecule has 1 atom stereocenters. The zero-order valence-electron chi connectivity index (χ0n) is 8.76. The predicted octanol–water partition coefficient (Wildman–Crippen LogP) is 4.06. The van der Waals surface area contributed by atoms with Gasteiger partial charge in [0.25, 0.3) is 0 Å². The summed E-state index contributed by atoms with van der Waals surface area (Å²) in [6, 6.07) is 2.26. The molecule has 1 heteroatoms. The molecule has 1 nitrogen and oxygen atoms in total. The first kappa shape index (κ1) is 12.2. The van der Waals surface area contributed by atoms with Gasteiger partial charge in [0.05, 0.1) is 6.07 Å². The molecule has 0 rings (SSSR count). The fourth-order valence-corrected chi connectivity index (χ4v) is 1.33. The molecule has 0 aromatic carbocycles. The SMILES string of the molecule is C=CCCCCCCCC(C)C#N. The average Bonchev–Trinajstić information content (AvgIpc) is 2.16. The van der Waals surface area contributed by atoms with Crippen molar-refractivity contribution in [2.24, 2.45) is 5.92 Å². The van der Waals surface area contributed by atoms with Gasteiger partial charge in [-0.15, -0.1) is 6.58 Å². The Balaban J connectivity index is 3.00. The summed E-state index contributed by atoms with van der Waals surface area (Å²) >= 11 is 0. The Morgan fingerprint density at radius 2 is 1.85 bits per heavy atom. The molecule has 0 saturated heterocycles. The fraction of sp³-hybridized carbons (Fsp3) is 0.750. The number of allylic oxidation sites excluding steroid dienone is 1. The molecular formula is C12H21N. The number of nitrogens with zero attached hydrogens (tertiary/aromatic N) is 1. The number of nitriles is 1. The van der Waals surface area contributed by atoms with Crippen LogP contribution in [0.25, 0.3) is 0 Å². The fourth-order valence-electron chi connectivity index (χ4n) is 1.33. The Kier molecular flexibility index (Phi) is 8.77. The molecule has 0 aliphatic carbocycles. The van der Waals surface area contributed by atoms with Crippen LogP contribution in [0.3, 0.4) is 0 Å². The minimum atomic E-state index is 0.244. The summed E-state index contributed by atoms with van der Waals surface area (Å²) in [5, 5.41) is 8.55. The zero-order chi connectivity index (χ0) is 9.94. The molecule has 0 spiro atoms. The van der Waals surface area contributed by atoms with Gasteiger partial charge < -0.3 is 0 Å². The summed E-state index contributed by atoms with van der Waals surface area (Å²) in [5.74, 6) is 0.244. The Bertz CT molecular complexity index is 155. The van der Waals surface area contributed by atoms with E-state index < -0.39 is 0 Å². The van der Waals surface area contributed by atoms with Crippen molar-refractivity contribution in [3.63, 3.8) is 0 Å². The summed E-state index contributed by atoms with van der Waals surface area (Å²) in [6.07, 6.45) is 10.6. The second kappa shape index (κ2) is 9.32. The highest BCUT2D eigenvalue weighted by Gasteiger charge is 1.97. The molecule has 0 radical (unpaired) electrons. The van der Waals surface area contributed by atoms with Crippen LogP contribution in [0.5, 0.6) is 0 Å².